The van der Waals surface area contributed by atoms with Crippen LogP contribution in [0.25, 0.3) is 0 Å². The molecule has 2 rings (SSSR count). The minimum Gasteiger partial charge on any atom is -0.493 e. The summed E-state index contributed by atoms with van der Waals surface area (Å²) >= 11 is 3.44. The number of hydrazone groups is 1. The fourth-order valence-corrected chi connectivity index (χ4v) is 2.84. The van der Waals surface area contributed by atoms with Crippen LogP contribution in [-0.4, -0.2) is 31.7 Å². The van der Waals surface area contributed by atoms with Crippen LogP contribution in [0, 0.1) is 0 Å². The molecule has 27 heavy (non-hydrogen) atoms. The molecule has 0 heterocycles. The van der Waals surface area contributed by atoms with Crippen molar-refractivity contribution in [2.45, 2.75) is 13.8 Å². The van der Waals surface area contributed by atoms with Crippen molar-refractivity contribution in [1.82, 2.24) is 5.43 Å². The van der Waals surface area contributed by atoms with Crippen LogP contribution >= 0.6 is 15.9 Å². The maximum atomic E-state index is 12.2. The Morgan fingerprint density at radius 3 is 2.70 bits per heavy atom. The Kier molecular flexibility index (Phi) is 7.36. The maximum absolute atomic E-state index is 12.2. The first kappa shape index (κ1) is 20.4. The normalized spacial score (nSPS) is 10.5. The average molecular weight is 434 g/mol. The van der Waals surface area contributed by atoms with Crippen molar-refractivity contribution in [2.24, 2.45) is 5.10 Å². The minimum absolute atomic E-state index is 0.208. The third-order valence-electron chi connectivity index (χ3n) is 3.37. The molecule has 0 unspecified atom stereocenters. The number of ether oxygens (including phenoxy) is 2. The highest BCUT2D eigenvalue weighted by molar-refractivity contribution is 9.10. The topological polar surface area (TPSA) is 89.0 Å². The molecule has 0 aliphatic carbocycles. The largest absolute Gasteiger partial charge is 0.493 e. The van der Waals surface area contributed by atoms with Gasteiger partial charge in [0, 0.05) is 18.2 Å². The molecule has 0 fully saturated rings. The molecule has 0 aromatic heterocycles. The quantitative estimate of drug-likeness (QED) is 0.515. The van der Waals surface area contributed by atoms with Crippen LogP contribution in [0.4, 0.5) is 5.69 Å². The van der Waals surface area contributed by atoms with Crippen LogP contribution in [0.3, 0.4) is 0 Å². The van der Waals surface area contributed by atoms with Gasteiger partial charge in [0.2, 0.25) is 5.91 Å². The van der Waals surface area contributed by atoms with Crippen molar-refractivity contribution in [3.63, 3.8) is 0 Å². The molecule has 0 aliphatic heterocycles. The van der Waals surface area contributed by atoms with Gasteiger partial charge in [-0.1, -0.05) is 6.07 Å². The molecule has 7 nitrogen and oxygen atoms in total. The fourth-order valence-electron chi connectivity index (χ4n) is 2.27. The van der Waals surface area contributed by atoms with Crippen molar-refractivity contribution in [3.8, 4) is 11.5 Å². The predicted molar refractivity (Wildman–Crippen MR) is 108 cm³/mol. The zero-order chi connectivity index (χ0) is 19.8. The Morgan fingerprint density at radius 2 is 2.04 bits per heavy atom. The Balaban J connectivity index is 2.10. The molecular formula is C19H20BrN3O4. The van der Waals surface area contributed by atoms with Crippen molar-refractivity contribution < 1.29 is 19.1 Å². The highest BCUT2D eigenvalue weighted by Gasteiger charge is 2.11. The van der Waals surface area contributed by atoms with Gasteiger partial charge >= 0.3 is 0 Å². The zero-order valence-electron chi connectivity index (χ0n) is 15.2. The first-order valence-electron chi connectivity index (χ1n) is 8.16. The Bertz CT molecular complexity index is 868. The van der Waals surface area contributed by atoms with Crippen molar-refractivity contribution in [3.05, 3.63) is 52.0 Å². The number of benzene rings is 2. The number of rotatable bonds is 7. The molecule has 0 aliphatic rings. The molecule has 0 bridgehead atoms. The number of carbonyl (C=O) groups excluding carboxylic acids is 2. The lowest BCUT2D eigenvalue weighted by Crippen LogP contribution is -2.18. The Morgan fingerprint density at radius 1 is 1.26 bits per heavy atom. The van der Waals surface area contributed by atoms with E-state index in [-0.39, 0.29) is 5.91 Å². The molecule has 0 spiro atoms. The second-order valence-corrected chi connectivity index (χ2v) is 6.28. The van der Waals surface area contributed by atoms with Gasteiger partial charge in [-0.25, -0.2) is 5.43 Å². The summed E-state index contributed by atoms with van der Waals surface area (Å²) in [5.74, 6) is 0.564. The molecule has 0 saturated heterocycles. The molecular weight excluding hydrogens is 414 g/mol. The van der Waals surface area contributed by atoms with Gasteiger partial charge in [0.05, 0.1) is 24.4 Å². The van der Waals surface area contributed by atoms with Crippen LogP contribution in [0.2, 0.25) is 0 Å². The van der Waals surface area contributed by atoms with Crippen LogP contribution in [0.1, 0.15) is 29.8 Å². The summed E-state index contributed by atoms with van der Waals surface area (Å²) in [4.78, 5) is 23.3. The molecule has 0 saturated carbocycles. The monoisotopic (exact) mass is 433 g/mol. The van der Waals surface area contributed by atoms with E-state index in [9.17, 15) is 9.59 Å². The van der Waals surface area contributed by atoms with Gasteiger partial charge < -0.3 is 14.8 Å². The summed E-state index contributed by atoms with van der Waals surface area (Å²) in [5.41, 5.74) is 4.09. The van der Waals surface area contributed by atoms with Crippen molar-refractivity contribution >= 4 is 39.6 Å². The van der Waals surface area contributed by atoms with Gasteiger partial charge in [-0.15, -0.1) is 0 Å². The summed E-state index contributed by atoms with van der Waals surface area (Å²) in [6.45, 7) is 3.80. The third-order valence-corrected chi connectivity index (χ3v) is 3.95. The number of anilines is 1. The van der Waals surface area contributed by atoms with Gasteiger partial charge in [0.1, 0.15) is 0 Å². The number of methoxy groups -OCH3 is 1. The number of hydrogen-bond acceptors (Lipinski definition) is 5. The van der Waals surface area contributed by atoms with E-state index in [0.29, 0.717) is 29.4 Å². The maximum Gasteiger partial charge on any atom is 0.271 e. The van der Waals surface area contributed by atoms with E-state index in [2.05, 4.69) is 31.8 Å². The van der Waals surface area contributed by atoms with E-state index in [1.54, 1.807) is 43.5 Å². The Labute approximate surface area is 165 Å². The average Bonchev–Trinajstić information content (AvgIpc) is 2.63. The fraction of sp³-hybridized carbons (Fsp3) is 0.211. The van der Waals surface area contributed by atoms with Gasteiger partial charge in [-0.05, 0) is 58.7 Å². The van der Waals surface area contributed by atoms with E-state index in [4.69, 9.17) is 9.47 Å². The standard InChI is InChI=1S/C19H20BrN3O4/c1-4-27-18-16(20)8-13(9-17(18)26-3)11-21-23-19(25)14-6-5-7-15(10-14)22-12(2)24/h5-11H,4H2,1-3H3,(H,22,24)(H,23,25)/b21-11-. The molecule has 2 aromatic carbocycles. The molecule has 0 atom stereocenters. The minimum atomic E-state index is -0.393. The number of halogens is 1. The Hall–Kier alpha value is -2.87. The number of nitrogens with zero attached hydrogens (tertiary/aromatic N) is 1. The van der Waals surface area contributed by atoms with Gasteiger partial charge in [0.15, 0.2) is 11.5 Å². The second kappa shape index (κ2) is 9.72. The van der Waals surface area contributed by atoms with Gasteiger partial charge in [-0.3, -0.25) is 9.59 Å². The molecule has 2 amide bonds. The van der Waals surface area contributed by atoms with Crippen LogP contribution in [-0.2, 0) is 4.79 Å². The molecule has 2 N–H and O–H groups in total. The SMILES string of the molecule is CCOc1c(Br)cc(/C=N\NC(=O)c2cccc(NC(C)=O)c2)cc1OC. The lowest BCUT2D eigenvalue weighted by Gasteiger charge is -2.12. The zero-order valence-corrected chi connectivity index (χ0v) is 16.8. The summed E-state index contributed by atoms with van der Waals surface area (Å²) in [7, 11) is 1.55. The summed E-state index contributed by atoms with van der Waals surface area (Å²) < 4.78 is 11.6. The smallest absolute Gasteiger partial charge is 0.271 e. The number of hydrogen-bond donors (Lipinski definition) is 2. The van der Waals surface area contributed by atoms with Crippen LogP contribution in [0.15, 0.2) is 46.0 Å². The molecule has 0 radical (unpaired) electrons. The van der Waals surface area contributed by atoms with E-state index in [1.807, 2.05) is 6.92 Å². The van der Waals surface area contributed by atoms with E-state index in [1.165, 1.54) is 13.1 Å². The summed E-state index contributed by atoms with van der Waals surface area (Å²) in [6.07, 6.45) is 1.50. The highest BCUT2D eigenvalue weighted by atomic mass is 79.9. The van der Waals surface area contributed by atoms with E-state index < -0.39 is 5.91 Å². The summed E-state index contributed by atoms with van der Waals surface area (Å²) in [5, 5.41) is 6.60. The number of nitrogens with one attached hydrogen (secondary N) is 2. The van der Waals surface area contributed by atoms with Crippen molar-refractivity contribution in [1.29, 1.82) is 0 Å². The van der Waals surface area contributed by atoms with Crippen molar-refractivity contribution in [2.75, 3.05) is 19.0 Å². The highest BCUT2D eigenvalue weighted by Crippen LogP contribution is 2.36. The third kappa shape index (κ3) is 5.82. The predicted octanol–water partition coefficient (Wildman–Crippen LogP) is 3.58. The number of carbonyl (C=O) groups is 2. The molecule has 142 valence electrons. The molecule has 2 aromatic rings. The van der Waals surface area contributed by atoms with Gasteiger partial charge in [0.25, 0.3) is 5.91 Å². The number of amides is 2. The molecule has 8 heteroatoms. The lowest BCUT2D eigenvalue weighted by molar-refractivity contribution is -0.114. The van der Waals surface area contributed by atoms with Gasteiger partial charge in [-0.2, -0.15) is 5.10 Å². The first-order valence-corrected chi connectivity index (χ1v) is 8.95. The first-order chi connectivity index (χ1) is 12.9. The van der Waals surface area contributed by atoms with E-state index in [0.717, 1.165) is 10.0 Å². The summed E-state index contributed by atoms with van der Waals surface area (Å²) in [6, 6.07) is 10.1. The second-order valence-electron chi connectivity index (χ2n) is 5.43. The van der Waals surface area contributed by atoms with Crippen LogP contribution in [0.5, 0.6) is 11.5 Å². The lowest BCUT2D eigenvalue weighted by atomic mass is 10.2. The van der Waals surface area contributed by atoms with E-state index >= 15 is 0 Å². The van der Waals surface area contributed by atoms with Crippen LogP contribution < -0.4 is 20.2 Å².